The maximum atomic E-state index is 13.3. The van der Waals surface area contributed by atoms with E-state index in [1.165, 1.54) is 5.56 Å². The second kappa shape index (κ2) is 11.1. The Labute approximate surface area is 206 Å². The zero-order chi connectivity index (χ0) is 24.8. The maximum absolute atomic E-state index is 13.3. The third-order valence-corrected chi connectivity index (χ3v) is 6.84. The fraction of sp³-hybridized carbons (Fsp3) is 0.300. The van der Waals surface area contributed by atoms with Gasteiger partial charge in [0.1, 0.15) is 0 Å². The number of carbonyl (C=O) groups excluding carboxylic acids is 2. The Hall–Kier alpha value is -3.73. The SMILES string of the molecule is CCCCc1ccc(C(=O)Nc2cc(C(=O)C3CCCC3C(=O)O)ccc2-c2ccccc2)cc1. The molecular weight excluding hydrogens is 438 g/mol. The molecule has 0 bridgehead atoms. The molecule has 35 heavy (non-hydrogen) atoms. The molecule has 1 fully saturated rings. The van der Waals surface area contributed by atoms with Gasteiger partial charge >= 0.3 is 5.97 Å². The molecule has 0 aromatic heterocycles. The highest BCUT2D eigenvalue weighted by molar-refractivity contribution is 6.08. The minimum Gasteiger partial charge on any atom is -0.481 e. The number of benzene rings is 3. The summed E-state index contributed by atoms with van der Waals surface area (Å²) in [4.78, 5) is 38.0. The normalized spacial score (nSPS) is 17.2. The molecule has 1 aliphatic carbocycles. The van der Waals surface area contributed by atoms with Crippen LogP contribution < -0.4 is 5.32 Å². The van der Waals surface area contributed by atoms with Crippen LogP contribution in [-0.4, -0.2) is 22.8 Å². The van der Waals surface area contributed by atoms with Gasteiger partial charge in [0.05, 0.1) is 5.92 Å². The first-order valence-corrected chi connectivity index (χ1v) is 12.3. The summed E-state index contributed by atoms with van der Waals surface area (Å²) < 4.78 is 0. The summed E-state index contributed by atoms with van der Waals surface area (Å²) >= 11 is 0. The second-order valence-electron chi connectivity index (χ2n) is 9.23. The van der Waals surface area contributed by atoms with Gasteiger partial charge in [0.25, 0.3) is 5.91 Å². The van der Waals surface area contributed by atoms with E-state index in [0.29, 0.717) is 29.7 Å². The Balaban J connectivity index is 1.63. The molecule has 2 N–H and O–H groups in total. The number of hydrogen-bond donors (Lipinski definition) is 2. The van der Waals surface area contributed by atoms with Crippen molar-refractivity contribution in [1.82, 2.24) is 0 Å². The van der Waals surface area contributed by atoms with Crippen LogP contribution in [0.3, 0.4) is 0 Å². The van der Waals surface area contributed by atoms with Crippen molar-refractivity contribution in [2.45, 2.75) is 45.4 Å². The van der Waals surface area contributed by atoms with Gasteiger partial charge in [0, 0.05) is 28.3 Å². The average molecular weight is 470 g/mol. The molecular formula is C30H31NO4. The number of unbranched alkanes of at least 4 members (excludes halogenated alkanes) is 1. The third-order valence-electron chi connectivity index (χ3n) is 6.84. The summed E-state index contributed by atoms with van der Waals surface area (Å²) in [7, 11) is 0. The molecule has 2 atom stereocenters. The number of aliphatic carboxylic acids is 1. The van der Waals surface area contributed by atoms with Crippen molar-refractivity contribution >= 4 is 23.3 Å². The molecule has 0 saturated heterocycles. The number of nitrogens with one attached hydrogen (secondary N) is 1. The number of anilines is 1. The van der Waals surface area contributed by atoms with E-state index in [2.05, 4.69) is 12.2 Å². The molecule has 5 heteroatoms. The summed E-state index contributed by atoms with van der Waals surface area (Å²) in [5.41, 5.74) is 4.42. The van der Waals surface area contributed by atoms with Crippen LogP contribution in [0, 0.1) is 11.8 Å². The number of ketones is 1. The number of rotatable bonds is 9. The highest BCUT2D eigenvalue weighted by atomic mass is 16.4. The van der Waals surface area contributed by atoms with E-state index in [-0.39, 0.29) is 11.7 Å². The van der Waals surface area contributed by atoms with Gasteiger partial charge in [-0.2, -0.15) is 0 Å². The summed E-state index contributed by atoms with van der Waals surface area (Å²) in [6.07, 6.45) is 5.03. The van der Waals surface area contributed by atoms with Crippen LogP contribution in [-0.2, 0) is 11.2 Å². The summed E-state index contributed by atoms with van der Waals surface area (Å²) in [6, 6.07) is 22.5. The van der Waals surface area contributed by atoms with Crippen LogP contribution in [0.1, 0.15) is 65.3 Å². The monoisotopic (exact) mass is 469 g/mol. The fourth-order valence-corrected chi connectivity index (χ4v) is 4.85. The summed E-state index contributed by atoms with van der Waals surface area (Å²) in [6.45, 7) is 2.15. The average Bonchev–Trinajstić information content (AvgIpc) is 3.38. The van der Waals surface area contributed by atoms with Gasteiger partial charge in [-0.25, -0.2) is 0 Å². The Morgan fingerprint density at radius 3 is 2.26 bits per heavy atom. The van der Waals surface area contributed by atoms with E-state index in [1.807, 2.05) is 60.7 Å². The smallest absolute Gasteiger partial charge is 0.307 e. The number of carbonyl (C=O) groups is 3. The Morgan fingerprint density at radius 2 is 1.57 bits per heavy atom. The van der Waals surface area contributed by atoms with Crippen molar-refractivity contribution in [3.63, 3.8) is 0 Å². The van der Waals surface area contributed by atoms with Gasteiger partial charge < -0.3 is 10.4 Å². The Bertz CT molecular complexity index is 1200. The highest BCUT2D eigenvalue weighted by Gasteiger charge is 2.38. The molecule has 4 rings (SSSR count). The van der Waals surface area contributed by atoms with Gasteiger partial charge in [-0.15, -0.1) is 0 Å². The molecule has 180 valence electrons. The van der Waals surface area contributed by atoms with Crippen LogP contribution in [0.4, 0.5) is 5.69 Å². The van der Waals surface area contributed by atoms with E-state index >= 15 is 0 Å². The van der Waals surface area contributed by atoms with Crippen LogP contribution in [0.25, 0.3) is 11.1 Å². The van der Waals surface area contributed by atoms with Crippen LogP contribution in [0.15, 0.2) is 72.8 Å². The first kappa shape index (κ1) is 24.4. The first-order chi connectivity index (χ1) is 17.0. The Kier molecular flexibility index (Phi) is 7.76. The number of hydrogen-bond acceptors (Lipinski definition) is 3. The van der Waals surface area contributed by atoms with Crippen molar-refractivity contribution < 1.29 is 19.5 Å². The number of carboxylic acids is 1. The molecule has 1 amide bonds. The molecule has 0 radical (unpaired) electrons. The predicted molar refractivity (Wildman–Crippen MR) is 138 cm³/mol. The standard InChI is InChI=1S/C30H31NO4/c1-2-3-8-20-13-15-22(16-14-20)29(33)31-27-19-23(17-18-24(27)21-9-5-4-6-10-21)28(32)25-11-7-12-26(25)30(34)35/h4-6,9-10,13-19,25-26H,2-3,7-8,11-12H2,1H3,(H,31,33)(H,34,35). The Morgan fingerprint density at radius 1 is 0.886 bits per heavy atom. The number of Topliss-reactive ketones (excluding diaryl/α,β-unsaturated/α-hetero) is 1. The molecule has 0 heterocycles. The zero-order valence-electron chi connectivity index (χ0n) is 20.0. The highest BCUT2D eigenvalue weighted by Crippen LogP contribution is 2.36. The minimum absolute atomic E-state index is 0.176. The van der Waals surface area contributed by atoms with E-state index in [4.69, 9.17) is 0 Å². The van der Waals surface area contributed by atoms with Crippen LogP contribution in [0.2, 0.25) is 0 Å². The van der Waals surface area contributed by atoms with E-state index in [0.717, 1.165) is 36.8 Å². The number of carboxylic acid groups (broad SMARTS) is 1. The van der Waals surface area contributed by atoms with Crippen molar-refractivity contribution in [2.24, 2.45) is 11.8 Å². The van der Waals surface area contributed by atoms with Crippen LogP contribution >= 0.6 is 0 Å². The lowest BCUT2D eigenvalue weighted by molar-refractivity contribution is -0.142. The van der Waals surface area contributed by atoms with Crippen molar-refractivity contribution in [1.29, 1.82) is 0 Å². The quantitative estimate of drug-likeness (QED) is 0.345. The van der Waals surface area contributed by atoms with Gasteiger partial charge in [-0.3, -0.25) is 14.4 Å². The second-order valence-corrected chi connectivity index (χ2v) is 9.23. The van der Waals surface area contributed by atoms with Gasteiger partial charge in [-0.1, -0.05) is 74.4 Å². The van der Waals surface area contributed by atoms with Crippen LogP contribution in [0.5, 0.6) is 0 Å². The molecule has 2 unspecified atom stereocenters. The molecule has 1 saturated carbocycles. The number of amides is 1. The largest absolute Gasteiger partial charge is 0.481 e. The van der Waals surface area contributed by atoms with Gasteiger partial charge in [0.15, 0.2) is 5.78 Å². The molecule has 5 nitrogen and oxygen atoms in total. The third kappa shape index (κ3) is 5.68. The summed E-state index contributed by atoms with van der Waals surface area (Å²) in [5.74, 6) is -2.53. The maximum Gasteiger partial charge on any atom is 0.307 e. The lowest BCUT2D eigenvalue weighted by Gasteiger charge is -2.17. The lowest BCUT2D eigenvalue weighted by atomic mass is 9.87. The van der Waals surface area contributed by atoms with Gasteiger partial charge in [-0.05, 0) is 55.0 Å². The summed E-state index contributed by atoms with van der Waals surface area (Å²) in [5, 5.41) is 12.5. The van der Waals surface area contributed by atoms with Gasteiger partial charge in [0.2, 0.25) is 0 Å². The molecule has 0 aliphatic heterocycles. The predicted octanol–water partition coefficient (Wildman–Crippen LogP) is 6.63. The molecule has 0 spiro atoms. The topological polar surface area (TPSA) is 83.5 Å². The molecule has 3 aromatic rings. The number of aryl methyl sites for hydroxylation is 1. The van der Waals surface area contributed by atoms with E-state index in [1.54, 1.807) is 12.1 Å². The molecule has 3 aromatic carbocycles. The molecule has 1 aliphatic rings. The van der Waals surface area contributed by atoms with Crippen molar-refractivity contribution in [2.75, 3.05) is 5.32 Å². The minimum atomic E-state index is -0.919. The van der Waals surface area contributed by atoms with Crippen molar-refractivity contribution in [3.8, 4) is 11.1 Å². The van der Waals surface area contributed by atoms with E-state index < -0.39 is 17.8 Å². The first-order valence-electron chi connectivity index (χ1n) is 12.3. The van der Waals surface area contributed by atoms with E-state index in [9.17, 15) is 19.5 Å². The zero-order valence-corrected chi connectivity index (χ0v) is 20.0. The fourth-order valence-electron chi connectivity index (χ4n) is 4.85. The van der Waals surface area contributed by atoms with Crippen molar-refractivity contribution in [3.05, 3.63) is 89.5 Å². The lowest BCUT2D eigenvalue weighted by Crippen LogP contribution is -2.25.